The van der Waals surface area contributed by atoms with E-state index in [-0.39, 0.29) is 23.2 Å². The molecule has 9 heteroatoms. The number of carbonyl (C=O) groups is 1. The van der Waals surface area contributed by atoms with E-state index in [0.717, 1.165) is 5.69 Å². The summed E-state index contributed by atoms with van der Waals surface area (Å²) in [7, 11) is -3.58. The number of amides is 1. The van der Waals surface area contributed by atoms with Crippen molar-refractivity contribution in [2.75, 3.05) is 56.0 Å². The molecule has 0 bridgehead atoms. The van der Waals surface area contributed by atoms with E-state index in [0.29, 0.717) is 50.5 Å². The first kappa shape index (κ1) is 24.0. The number of aryl methyl sites for hydroxylation is 1. The van der Waals surface area contributed by atoms with Gasteiger partial charge in [-0.25, -0.2) is 12.8 Å². The van der Waals surface area contributed by atoms with Crippen LogP contribution in [0.25, 0.3) is 0 Å². The topological polar surface area (TPSA) is 73.0 Å². The molecule has 1 aliphatic rings. The highest BCUT2D eigenvalue weighted by Gasteiger charge is 2.24. The third-order valence-electron chi connectivity index (χ3n) is 5.78. The number of rotatable bonds is 8. The molecule has 0 radical (unpaired) electrons. The van der Waals surface area contributed by atoms with E-state index in [4.69, 9.17) is 0 Å². The van der Waals surface area contributed by atoms with E-state index in [1.54, 1.807) is 42.2 Å². The summed E-state index contributed by atoms with van der Waals surface area (Å²) in [5, 5.41) is 3.08. The van der Waals surface area contributed by atoms with Gasteiger partial charge in [0, 0.05) is 50.6 Å². The van der Waals surface area contributed by atoms with Gasteiger partial charge in [0.25, 0.3) is 0 Å². The Kier molecular flexibility index (Phi) is 7.73. The highest BCUT2D eigenvalue weighted by molar-refractivity contribution is 7.89. The molecule has 0 atom stereocenters. The molecular formula is C23H31FN4O3S. The molecule has 0 aliphatic carbocycles. The maximum atomic E-state index is 13.1. The maximum absolute atomic E-state index is 13.1. The lowest BCUT2D eigenvalue weighted by Gasteiger charge is -2.36. The molecule has 32 heavy (non-hydrogen) atoms. The zero-order valence-corrected chi connectivity index (χ0v) is 19.7. The average molecular weight is 463 g/mol. The summed E-state index contributed by atoms with van der Waals surface area (Å²) < 4.78 is 40.4. The summed E-state index contributed by atoms with van der Waals surface area (Å²) in [5.41, 5.74) is 2.21. The Bertz CT molecular complexity index is 1030. The first-order valence-electron chi connectivity index (χ1n) is 10.9. The molecule has 1 fully saturated rings. The number of hydrogen-bond donors (Lipinski definition) is 1. The van der Waals surface area contributed by atoms with Crippen LogP contribution in [0.2, 0.25) is 0 Å². The molecule has 3 rings (SSSR count). The summed E-state index contributed by atoms with van der Waals surface area (Å²) in [5.74, 6) is -0.310. The Morgan fingerprint density at radius 1 is 1.03 bits per heavy atom. The fourth-order valence-corrected chi connectivity index (χ4v) is 5.55. The van der Waals surface area contributed by atoms with Gasteiger partial charge in [-0.2, -0.15) is 4.31 Å². The predicted octanol–water partition coefficient (Wildman–Crippen LogP) is 2.93. The Labute approximate surface area is 189 Å². The predicted molar refractivity (Wildman–Crippen MR) is 125 cm³/mol. The molecule has 0 saturated carbocycles. The maximum Gasteiger partial charge on any atom is 0.243 e. The summed E-state index contributed by atoms with van der Waals surface area (Å²) in [6.07, 6.45) is 0. The van der Waals surface area contributed by atoms with Crippen LogP contribution in [0, 0.1) is 12.7 Å². The number of benzene rings is 2. The molecule has 1 amide bonds. The number of piperazine rings is 1. The summed E-state index contributed by atoms with van der Waals surface area (Å²) in [6.45, 7) is 8.79. The van der Waals surface area contributed by atoms with Crippen molar-refractivity contribution in [2.45, 2.75) is 25.7 Å². The summed E-state index contributed by atoms with van der Waals surface area (Å²) in [4.78, 5) is 16.8. The van der Waals surface area contributed by atoms with Crippen LogP contribution in [0.4, 0.5) is 15.8 Å². The van der Waals surface area contributed by atoms with Gasteiger partial charge in [-0.05, 0) is 48.9 Å². The fraction of sp³-hybridized carbons (Fsp3) is 0.435. The fourth-order valence-electron chi connectivity index (χ4n) is 3.85. The van der Waals surface area contributed by atoms with Gasteiger partial charge in [0.05, 0.1) is 11.4 Å². The number of hydrogen-bond acceptors (Lipinski definition) is 5. The van der Waals surface area contributed by atoms with Crippen LogP contribution < -0.4 is 10.2 Å². The van der Waals surface area contributed by atoms with Crippen LogP contribution in [0.3, 0.4) is 0 Å². The molecule has 0 aromatic heterocycles. The van der Waals surface area contributed by atoms with Crippen LogP contribution in [0.1, 0.15) is 19.4 Å². The minimum absolute atomic E-state index is 0.0440. The van der Waals surface area contributed by atoms with Gasteiger partial charge >= 0.3 is 0 Å². The lowest BCUT2D eigenvalue weighted by Crippen LogP contribution is -2.50. The van der Waals surface area contributed by atoms with Gasteiger partial charge in [-0.1, -0.05) is 19.9 Å². The van der Waals surface area contributed by atoms with Gasteiger partial charge in [0.2, 0.25) is 15.9 Å². The molecule has 2 aromatic carbocycles. The molecule has 1 saturated heterocycles. The third kappa shape index (κ3) is 5.39. The van der Waals surface area contributed by atoms with Gasteiger partial charge in [0.15, 0.2) is 0 Å². The van der Waals surface area contributed by atoms with Crippen LogP contribution in [0.5, 0.6) is 0 Å². The molecule has 0 spiro atoms. The van der Waals surface area contributed by atoms with Crippen molar-refractivity contribution in [3.63, 3.8) is 0 Å². The molecule has 174 valence electrons. The first-order chi connectivity index (χ1) is 15.3. The Morgan fingerprint density at radius 3 is 2.25 bits per heavy atom. The van der Waals surface area contributed by atoms with Gasteiger partial charge < -0.3 is 15.1 Å². The number of sulfonamides is 1. The van der Waals surface area contributed by atoms with Gasteiger partial charge in [-0.3, -0.25) is 4.79 Å². The zero-order valence-electron chi connectivity index (χ0n) is 18.8. The molecule has 1 aliphatic heterocycles. The average Bonchev–Trinajstić information content (AvgIpc) is 2.79. The monoisotopic (exact) mass is 462 g/mol. The minimum atomic E-state index is -3.58. The molecule has 1 N–H and O–H groups in total. The number of nitrogens with zero attached hydrogens (tertiary/aromatic N) is 3. The lowest BCUT2D eigenvalue weighted by molar-refractivity contribution is -0.129. The molecule has 1 heterocycles. The van der Waals surface area contributed by atoms with E-state index in [9.17, 15) is 17.6 Å². The highest BCUT2D eigenvalue weighted by Crippen LogP contribution is 2.24. The number of carbonyl (C=O) groups excluding carboxylic acids is 1. The van der Waals surface area contributed by atoms with Crippen molar-refractivity contribution in [2.24, 2.45) is 0 Å². The van der Waals surface area contributed by atoms with E-state index >= 15 is 0 Å². The first-order valence-corrected chi connectivity index (χ1v) is 12.3. The normalized spacial score (nSPS) is 14.7. The smallest absolute Gasteiger partial charge is 0.243 e. The van der Waals surface area contributed by atoms with E-state index < -0.39 is 10.0 Å². The van der Waals surface area contributed by atoms with E-state index in [1.807, 2.05) is 13.8 Å². The van der Waals surface area contributed by atoms with E-state index in [1.165, 1.54) is 16.4 Å². The van der Waals surface area contributed by atoms with Gasteiger partial charge in [0.1, 0.15) is 5.82 Å². The van der Waals surface area contributed by atoms with Crippen molar-refractivity contribution in [3.8, 4) is 0 Å². The Morgan fingerprint density at radius 2 is 1.66 bits per heavy atom. The minimum Gasteiger partial charge on any atom is -0.376 e. The standard InChI is InChI=1S/C23H31FN4O3S/c1-4-28(5-2)32(30,31)22-16-20(9-6-18(22)3)25-17-23(29)27-14-12-26(13-15-27)21-10-7-19(24)8-11-21/h6-11,16,25H,4-5,12-15,17H2,1-3H3. The van der Waals surface area contributed by atoms with Crippen molar-refractivity contribution in [1.82, 2.24) is 9.21 Å². The highest BCUT2D eigenvalue weighted by atomic mass is 32.2. The third-order valence-corrected chi connectivity index (χ3v) is 7.97. The summed E-state index contributed by atoms with van der Waals surface area (Å²) in [6, 6.07) is 11.5. The second-order valence-corrected chi connectivity index (χ2v) is 9.67. The Balaban J connectivity index is 1.59. The largest absolute Gasteiger partial charge is 0.376 e. The van der Waals surface area contributed by atoms with Gasteiger partial charge in [-0.15, -0.1) is 0 Å². The van der Waals surface area contributed by atoms with Crippen LogP contribution in [-0.2, 0) is 14.8 Å². The van der Waals surface area contributed by atoms with Crippen LogP contribution >= 0.6 is 0 Å². The number of nitrogens with one attached hydrogen (secondary N) is 1. The second kappa shape index (κ2) is 10.3. The number of halogens is 1. The molecule has 2 aromatic rings. The Hall–Kier alpha value is -2.65. The SMILES string of the molecule is CCN(CC)S(=O)(=O)c1cc(NCC(=O)N2CCN(c3ccc(F)cc3)CC2)ccc1C. The lowest BCUT2D eigenvalue weighted by atomic mass is 10.2. The molecule has 0 unspecified atom stereocenters. The quantitative estimate of drug-likeness (QED) is 0.653. The molecule has 7 nitrogen and oxygen atoms in total. The molecular weight excluding hydrogens is 431 g/mol. The number of anilines is 2. The second-order valence-electron chi connectivity index (χ2n) is 7.77. The van der Waals surface area contributed by atoms with Crippen molar-refractivity contribution in [1.29, 1.82) is 0 Å². The van der Waals surface area contributed by atoms with Crippen LogP contribution in [-0.4, -0.2) is 69.3 Å². The summed E-state index contributed by atoms with van der Waals surface area (Å²) >= 11 is 0. The van der Waals surface area contributed by atoms with Crippen molar-refractivity contribution >= 4 is 27.3 Å². The zero-order chi connectivity index (χ0) is 23.3. The van der Waals surface area contributed by atoms with E-state index in [2.05, 4.69) is 10.2 Å². The van der Waals surface area contributed by atoms with Crippen molar-refractivity contribution in [3.05, 3.63) is 53.8 Å². The van der Waals surface area contributed by atoms with Crippen molar-refractivity contribution < 1.29 is 17.6 Å². The van der Waals surface area contributed by atoms with Crippen LogP contribution in [0.15, 0.2) is 47.4 Å².